The maximum atomic E-state index is 12.9. The molecular weight excluding hydrogens is 383 g/mol. The van der Waals surface area contributed by atoms with Gasteiger partial charge in [-0.1, -0.05) is 18.6 Å². The van der Waals surface area contributed by atoms with Crippen LogP contribution < -0.4 is 5.32 Å². The van der Waals surface area contributed by atoms with Crippen molar-refractivity contribution in [3.63, 3.8) is 0 Å². The Bertz CT molecular complexity index is 899. The van der Waals surface area contributed by atoms with Crippen LogP contribution in [-0.4, -0.2) is 28.6 Å². The van der Waals surface area contributed by atoms with Crippen LogP contribution in [0.15, 0.2) is 30.5 Å². The van der Waals surface area contributed by atoms with Crippen molar-refractivity contribution in [3.05, 3.63) is 41.9 Å². The number of carbonyl (C=O) groups is 1. The Labute approximate surface area is 166 Å². The van der Waals surface area contributed by atoms with Gasteiger partial charge in [0.05, 0.1) is 12.2 Å². The van der Waals surface area contributed by atoms with Gasteiger partial charge in [-0.15, -0.1) is 0 Å². The van der Waals surface area contributed by atoms with Crippen LogP contribution in [0.25, 0.3) is 11.1 Å². The number of hydrogen-bond donors (Lipinski definition) is 1. The summed E-state index contributed by atoms with van der Waals surface area (Å²) in [5, 5.41) is 3.44. The van der Waals surface area contributed by atoms with Crippen LogP contribution in [0.5, 0.6) is 0 Å². The van der Waals surface area contributed by atoms with E-state index in [0.717, 1.165) is 25.0 Å². The number of alkyl halides is 3. The van der Waals surface area contributed by atoms with Crippen molar-refractivity contribution < 1.29 is 22.7 Å². The number of carbonyl (C=O) groups excluding carboxylic acids is 1. The van der Waals surface area contributed by atoms with Crippen molar-refractivity contribution in [2.45, 2.75) is 44.8 Å². The second kappa shape index (κ2) is 7.65. The van der Waals surface area contributed by atoms with E-state index in [-0.39, 0.29) is 18.5 Å². The maximum Gasteiger partial charge on any atom is 0.416 e. The summed E-state index contributed by atoms with van der Waals surface area (Å²) in [6.45, 7) is 1.90. The summed E-state index contributed by atoms with van der Waals surface area (Å²) in [6, 6.07) is 5.12. The van der Waals surface area contributed by atoms with E-state index in [1.54, 1.807) is 6.92 Å². The third-order valence-electron chi connectivity index (χ3n) is 5.83. The smallest absolute Gasteiger partial charge is 0.416 e. The highest BCUT2D eigenvalue weighted by molar-refractivity contribution is 5.87. The summed E-state index contributed by atoms with van der Waals surface area (Å²) in [5.41, 5.74) is 0.404. The number of halogens is 3. The second-order valence-electron chi connectivity index (χ2n) is 7.68. The van der Waals surface area contributed by atoms with Crippen LogP contribution in [-0.2, 0) is 10.9 Å². The van der Waals surface area contributed by atoms with Gasteiger partial charge in [0, 0.05) is 17.8 Å². The number of anilines is 1. The Morgan fingerprint density at radius 1 is 1.21 bits per heavy atom. The zero-order valence-electron chi connectivity index (χ0n) is 16.0. The molecule has 1 N–H and O–H groups in total. The molecule has 2 saturated carbocycles. The minimum atomic E-state index is -4.40. The zero-order valence-corrected chi connectivity index (χ0v) is 16.0. The van der Waals surface area contributed by atoms with Gasteiger partial charge in [-0.2, -0.15) is 13.2 Å². The van der Waals surface area contributed by atoms with E-state index >= 15 is 0 Å². The number of benzene rings is 1. The summed E-state index contributed by atoms with van der Waals surface area (Å²) < 4.78 is 43.6. The molecule has 2 aliphatic carbocycles. The molecule has 3 atom stereocenters. The fraction of sp³-hybridized carbons (Fsp3) is 0.476. The highest BCUT2D eigenvalue weighted by atomic mass is 19.4. The lowest BCUT2D eigenvalue weighted by molar-refractivity contribution is -0.137. The summed E-state index contributed by atoms with van der Waals surface area (Å²) in [7, 11) is 0. The largest absolute Gasteiger partial charge is 0.460 e. The van der Waals surface area contributed by atoms with Crippen LogP contribution in [0.2, 0.25) is 0 Å². The lowest BCUT2D eigenvalue weighted by atomic mass is 9.95. The van der Waals surface area contributed by atoms with Gasteiger partial charge in [0.2, 0.25) is 5.82 Å². The highest BCUT2D eigenvalue weighted by Gasteiger charge is 2.40. The number of ether oxygens (including phenoxy) is 1. The van der Waals surface area contributed by atoms with Gasteiger partial charge in [-0.25, -0.2) is 14.8 Å². The van der Waals surface area contributed by atoms with E-state index in [4.69, 9.17) is 4.74 Å². The number of rotatable bonds is 5. The standard InChI is InChI=1S/C21H22F3N3O2/c1-2-29-20(28)19-25-11-16(13-5-7-15(8-6-13)21(22,23)24)18(27-19)26-17-10-12-3-4-14(17)9-12/h5-8,11-12,14,17H,2-4,9-10H2,1H3,(H,25,26,27)/t12-,14+,17+/m0/s1. The van der Waals surface area contributed by atoms with Crippen molar-refractivity contribution in [2.24, 2.45) is 11.8 Å². The van der Waals surface area contributed by atoms with E-state index in [9.17, 15) is 18.0 Å². The Balaban J connectivity index is 1.67. The highest BCUT2D eigenvalue weighted by Crippen LogP contribution is 2.46. The molecular formula is C21H22F3N3O2. The van der Waals surface area contributed by atoms with Crippen LogP contribution in [0.4, 0.5) is 19.0 Å². The monoisotopic (exact) mass is 405 g/mol. The van der Waals surface area contributed by atoms with Gasteiger partial charge in [0.1, 0.15) is 5.82 Å². The number of esters is 1. The summed E-state index contributed by atoms with van der Waals surface area (Å²) in [4.78, 5) is 20.5. The van der Waals surface area contributed by atoms with Gasteiger partial charge in [0.15, 0.2) is 0 Å². The molecule has 0 radical (unpaired) electrons. The molecule has 0 spiro atoms. The maximum absolute atomic E-state index is 12.9. The summed E-state index contributed by atoms with van der Waals surface area (Å²) in [5.74, 6) is 1.04. The summed E-state index contributed by atoms with van der Waals surface area (Å²) in [6.07, 6.45) is 1.70. The van der Waals surface area contributed by atoms with Crippen molar-refractivity contribution in [3.8, 4) is 11.1 Å². The fourth-order valence-corrected chi connectivity index (χ4v) is 4.43. The lowest BCUT2D eigenvalue weighted by Gasteiger charge is -2.24. The first-order valence-corrected chi connectivity index (χ1v) is 9.83. The van der Waals surface area contributed by atoms with Gasteiger partial charge in [-0.05, 0) is 55.7 Å². The molecule has 5 nitrogen and oxygen atoms in total. The van der Waals surface area contributed by atoms with Crippen molar-refractivity contribution in [1.82, 2.24) is 9.97 Å². The quantitative estimate of drug-likeness (QED) is 0.714. The molecule has 1 heterocycles. The van der Waals surface area contributed by atoms with Crippen molar-refractivity contribution >= 4 is 11.8 Å². The Hall–Kier alpha value is -2.64. The van der Waals surface area contributed by atoms with Crippen LogP contribution in [0, 0.1) is 11.8 Å². The molecule has 2 aromatic rings. The Morgan fingerprint density at radius 2 is 1.97 bits per heavy atom. The Morgan fingerprint density at radius 3 is 2.55 bits per heavy atom. The van der Waals surface area contributed by atoms with E-state index in [1.165, 1.54) is 31.2 Å². The molecule has 0 saturated heterocycles. The second-order valence-corrected chi connectivity index (χ2v) is 7.68. The minimum absolute atomic E-state index is 0.0619. The summed E-state index contributed by atoms with van der Waals surface area (Å²) >= 11 is 0. The van der Waals surface area contributed by atoms with Gasteiger partial charge >= 0.3 is 12.1 Å². The molecule has 1 aromatic heterocycles. The van der Waals surface area contributed by atoms with E-state index in [1.807, 2.05) is 0 Å². The Kier molecular flexibility index (Phi) is 5.19. The van der Waals surface area contributed by atoms with E-state index < -0.39 is 17.7 Å². The van der Waals surface area contributed by atoms with Gasteiger partial charge < -0.3 is 10.1 Å². The number of fused-ring (bicyclic) bond motifs is 2. The molecule has 1 aromatic carbocycles. The van der Waals surface area contributed by atoms with Crippen molar-refractivity contribution in [1.29, 1.82) is 0 Å². The topological polar surface area (TPSA) is 64.1 Å². The third kappa shape index (κ3) is 4.06. The first kappa shape index (κ1) is 19.7. The minimum Gasteiger partial charge on any atom is -0.460 e. The van der Waals surface area contributed by atoms with E-state index in [2.05, 4.69) is 15.3 Å². The molecule has 154 valence electrons. The number of nitrogens with zero attached hydrogens (tertiary/aromatic N) is 2. The first-order chi connectivity index (χ1) is 13.8. The lowest BCUT2D eigenvalue weighted by Crippen LogP contribution is -2.27. The predicted octanol–water partition coefficient (Wildman–Crippen LogP) is 4.94. The number of nitrogens with one attached hydrogen (secondary N) is 1. The molecule has 0 unspecified atom stereocenters. The molecule has 29 heavy (non-hydrogen) atoms. The fourth-order valence-electron chi connectivity index (χ4n) is 4.43. The number of hydrogen-bond acceptors (Lipinski definition) is 5. The average molecular weight is 405 g/mol. The molecule has 2 bridgehead atoms. The first-order valence-electron chi connectivity index (χ1n) is 9.83. The van der Waals surface area contributed by atoms with Crippen LogP contribution >= 0.6 is 0 Å². The molecule has 0 amide bonds. The van der Waals surface area contributed by atoms with E-state index in [0.29, 0.717) is 28.8 Å². The third-order valence-corrected chi connectivity index (χ3v) is 5.83. The normalized spacial score (nSPS) is 23.2. The molecule has 2 fully saturated rings. The van der Waals surface area contributed by atoms with Gasteiger partial charge in [-0.3, -0.25) is 0 Å². The molecule has 4 rings (SSSR count). The molecule has 0 aliphatic heterocycles. The zero-order chi connectivity index (χ0) is 20.6. The van der Waals surface area contributed by atoms with Crippen LogP contribution in [0.3, 0.4) is 0 Å². The molecule has 2 aliphatic rings. The van der Waals surface area contributed by atoms with Gasteiger partial charge in [0.25, 0.3) is 0 Å². The van der Waals surface area contributed by atoms with Crippen molar-refractivity contribution in [2.75, 3.05) is 11.9 Å². The van der Waals surface area contributed by atoms with Crippen LogP contribution in [0.1, 0.15) is 48.8 Å². The average Bonchev–Trinajstić information content (AvgIpc) is 3.31. The molecule has 8 heteroatoms. The SMILES string of the molecule is CCOC(=O)c1ncc(-c2ccc(C(F)(F)F)cc2)c(N[C@@H]2C[C@H]3CC[C@@H]2C3)n1. The predicted molar refractivity (Wildman–Crippen MR) is 101 cm³/mol. The number of aromatic nitrogens is 2.